The molecule has 6 nitrogen and oxygen atoms in total. The van der Waals surface area contributed by atoms with Crippen LogP contribution in [-0.4, -0.2) is 38.7 Å². The highest BCUT2D eigenvalue weighted by Gasteiger charge is 2.56. The monoisotopic (exact) mass is 370 g/mol. The summed E-state index contributed by atoms with van der Waals surface area (Å²) in [6.07, 6.45) is 9.00. The summed E-state index contributed by atoms with van der Waals surface area (Å²) >= 11 is 0. The Hall–Kier alpha value is -1.69. The summed E-state index contributed by atoms with van der Waals surface area (Å²) in [6, 6.07) is 0.655. The molecule has 0 saturated heterocycles. The highest BCUT2D eigenvalue weighted by Crippen LogP contribution is 2.57. The summed E-state index contributed by atoms with van der Waals surface area (Å²) in [5, 5.41) is 10.9. The predicted molar refractivity (Wildman–Crippen MR) is 102 cm³/mol. The van der Waals surface area contributed by atoms with Gasteiger partial charge >= 0.3 is 0 Å². The minimum Gasteiger partial charge on any atom is -0.390 e. The van der Waals surface area contributed by atoms with Gasteiger partial charge in [0.25, 0.3) is 5.91 Å². The van der Waals surface area contributed by atoms with Crippen LogP contribution in [0.15, 0.2) is 6.20 Å². The van der Waals surface area contributed by atoms with E-state index in [1.807, 2.05) is 0 Å². The Balaban J connectivity index is 1.52. The lowest BCUT2D eigenvalue weighted by molar-refractivity contribution is -0.134. The molecular formula is C21H30N4O2. The first-order valence-corrected chi connectivity index (χ1v) is 10.5. The topological polar surface area (TPSA) is 92.3 Å². The van der Waals surface area contributed by atoms with E-state index >= 15 is 0 Å². The molecule has 5 aliphatic rings. The molecule has 1 aromatic heterocycles. The number of primary amides is 1. The largest absolute Gasteiger partial charge is 0.390 e. The van der Waals surface area contributed by atoms with Gasteiger partial charge in [0.1, 0.15) is 0 Å². The second-order valence-corrected chi connectivity index (χ2v) is 9.79. The molecule has 0 aliphatic heterocycles. The van der Waals surface area contributed by atoms with Gasteiger partial charge in [-0.25, -0.2) is 9.97 Å². The van der Waals surface area contributed by atoms with E-state index in [0.29, 0.717) is 35.3 Å². The molecule has 27 heavy (non-hydrogen) atoms. The van der Waals surface area contributed by atoms with Crippen LogP contribution in [0.2, 0.25) is 0 Å². The van der Waals surface area contributed by atoms with E-state index < -0.39 is 11.5 Å². The maximum atomic E-state index is 11.8. The fourth-order valence-corrected chi connectivity index (χ4v) is 6.48. The van der Waals surface area contributed by atoms with Gasteiger partial charge in [-0.1, -0.05) is 0 Å². The summed E-state index contributed by atoms with van der Waals surface area (Å²) in [7, 11) is 0. The van der Waals surface area contributed by atoms with Gasteiger partial charge in [-0.3, -0.25) is 4.79 Å². The van der Waals surface area contributed by atoms with E-state index in [0.717, 1.165) is 43.7 Å². The Morgan fingerprint density at radius 3 is 2.44 bits per heavy atom. The number of aromatic nitrogens is 2. The number of hydrogen-bond acceptors (Lipinski definition) is 5. The lowest BCUT2D eigenvalue weighted by Crippen LogP contribution is -2.63. The Morgan fingerprint density at radius 1 is 1.26 bits per heavy atom. The third-order valence-electron chi connectivity index (χ3n) is 7.33. The van der Waals surface area contributed by atoms with Gasteiger partial charge in [-0.2, -0.15) is 0 Å². The van der Waals surface area contributed by atoms with Gasteiger partial charge in [0.2, 0.25) is 5.95 Å². The van der Waals surface area contributed by atoms with Crippen LogP contribution in [0.4, 0.5) is 5.95 Å². The maximum absolute atomic E-state index is 11.8. The van der Waals surface area contributed by atoms with Gasteiger partial charge in [0.05, 0.1) is 16.9 Å². The molecule has 4 bridgehead atoms. The molecule has 146 valence electrons. The van der Waals surface area contributed by atoms with Crippen molar-refractivity contribution in [2.45, 2.75) is 82.4 Å². The van der Waals surface area contributed by atoms with Gasteiger partial charge in [-0.15, -0.1) is 0 Å². The summed E-state index contributed by atoms with van der Waals surface area (Å²) in [5.74, 6) is 2.35. The standard InChI is InChI=1S/C21H30N4O2/c1-11(2)25(18-14-5-12-6-15(18)9-21(27,7-12)8-14)20-23-10-16(19(22)26)17(24-20)13-3-4-13/h10-15,18,27H,3-9H2,1-2H3,(H2,22,26). The number of carbonyl (C=O) groups is 1. The SMILES string of the molecule is CC(C)N(c1ncc(C(N)=O)c(C2CC2)n1)C1C2CC3CC1CC(O)(C3)C2. The third kappa shape index (κ3) is 2.84. The number of rotatable bonds is 5. The van der Waals surface area contributed by atoms with Crippen molar-refractivity contribution in [3.63, 3.8) is 0 Å². The molecule has 6 rings (SSSR count). The molecule has 2 unspecified atom stereocenters. The van der Waals surface area contributed by atoms with Crippen LogP contribution in [0, 0.1) is 17.8 Å². The summed E-state index contributed by atoms with van der Waals surface area (Å²) < 4.78 is 0. The van der Waals surface area contributed by atoms with Crippen LogP contribution < -0.4 is 10.6 Å². The fourth-order valence-electron chi connectivity index (χ4n) is 6.48. The lowest BCUT2D eigenvalue weighted by Gasteiger charge is -2.60. The highest BCUT2D eigenvalue weighted by molar-refractivity contribution is 5.94. The van der Waals surface area contributed by atoms with Gasteiger partial charge in [0, 0.05) is 24.2 Å². The minimum atomic E-state index is -0.439. The zero-order valence-corrected chi connectivity index (χ0v) is 16.3. The van der Waals surface area contributed by atoms with Crippen molar-refractivity contribution in [1.82, 2.24) is 9.97 Å². The first-order chi connectivity index (χ1) is 12.8. The number of aliphatic hydroxyl groups is 1. The molecule has 1 amide bonds. The average Bonchev–Trinajstić information content (AvgIpc) is 3.40. The second kappa shape index (κ2) is 5.90. The molecule has 5 saturated carbocycles. The van der Waals surface area contributed by atoms with Gasteiger partial charge in [-0.05, 0) is 76.5 Å². The smallest absolute Gasteiger partial charge is 0.252 e. The van der Waals surface area contributed by atoms with Crippen LogP contribution in [-0.2, 0) is 0 Å². The zero-order chi connectivity index (χ0) is 18.9. The molecule has 5 aliphatic carbocycles. The molecule has 2 atom stereocenters. The first-order valence-electron chi connectivity index (χ1n) is 10.5. The number of nitrogens with zero attached hydrogens (tertiary/aromatic N) is 3. The van der Waals surface area contributed by atoms with E-state index in [1.165, 1.54) is 12.8 Å². The number of nitrogens with two attached hydrogens (primary N) is 1. The van der Waals surface area contributed by atoms with Crippen LogP contribution >= 0.6 is 0 Å². The number of hydrogen-bond donors (Lipinski definition) is 2. The van der Waals surface area contributed by atoms with E-state index in [1.54, 1.807) is 6.20 Å². The molecule has 0 aromatic carbocycles. The van der Waals surface area contributed by atoms with Crippen LogP contribution in [0.25, 0.3) is 0 Å². The average molecular weight is 370 g/mol. The minimum absolute atomic E-state index is 0.272. The normalized spacial score (nSPS) is 37.0. The molecule has 0 spiro atoms. The summed E-state index contributed by atoms with van der Waals surface area (Å²) in [5.41, 5.74) is 6.43. The number of anilines is 1. The molecular weight excluding hydrogens is 340 g/mol. The Labute approximate surface area is 160 Å². The highest BCUT2D eigenvalue weighted by atomic mass is 16.3. The van der Waals surface area contributed by atoms with Crippen molar-refractivity contribution >= 4 is 11.9 Å². The summed E-state index contributed by atoms with van der Waals surface area (Å²) in [6.45, 7) is 4.39. The summed E-state index contributed by atoms with van der Waals surface area (Å²) in [4.78, 5) is 23.7. The van der Waals surface area contributed by atoms with Gasteiger partial charge < -0.3 is 15.7 Å². The van der Waals surface area contributed by atoms with Crippen molar-refractivity contribution in [3.8, 4) is 0 Å². The molecule has 5 fully saturated rings. The lowest BCUT2D eigenvalue weighted by atomic mass is 9.52. The molecule has 1 heterocycles. The number of amides is 1. The Kier molecular flexibility index (Phi) is 3.81. The third-order valence-corrected chi connectivity index (χ3v) is 7.33. The Morgan fingerprint density at radius 2 is 1.93 bits per heavy atom. The van der Waals surface area contributed by atoms with Gasteiger partial charge in [0.15, 0.2) is 0 Å². The van der Waals surface area contributed by atoms with E-state index in [4.69, 9.17) is 10.7 Å². The molecule has 0 radical (unpaired) electrons. The van der Waals surface area contributed by atoms with Crippen LogP contribution in [0.5, 0.6) is 0 Å². The van der Waals surface area contributed by atoms with Crippen molar-refractivity contribution < 1.29 is 9.90 Å². The maximum Gasteiger partial charge on any atom is 0.252 e. The van der Waals surface area contributed by atoms with Crippen molar-refractivity contribution in [2.24, 2.45) is 23.5 Å². The number of carbonyl (C=O) groups excluding carboxylic acids is 1. The fraction of sp³-hybridized carbons (Fsp3) is 0.762. The first kappa shape index (κ1) is 17.4. The molecule has 6 heteroatoms. The van der Waals surface area contributed by atoms with E-state index in [-0.39, 0.29) is 6.04 Å². The van der Waals surface area contributed by atoms with Crippen molar-refractivity contribution in [2.75, 3.05) is 4.90 Å². The van der Waals surface area contributed by atoms with Crippen molar-refractivity contribution in [1.29, 1.82) is 0 Å². The zero-order valence-electron chi connectivity index (χ0n) is 16.3. The quantitative estimate of drug-likeness (QED) is 0.831. The molecule has 1 aromatic rings. The van der Waals surface area contributed by atoms with Crippen molar-refractivity contribution in [3.05, 3.63) is 17.5 Å². The van der Waals surface area contributed by atoms with Crippen LogP contribution in [0.1, 0.15) is 80.8 Å². The van der Waals surface area contributed by atoms with E-state index in [2.05, 4.69) is 23.7 Å². The molecule has 3 N–H and O–H groups in total. The van der Waals surface area contributed by atoms with Crippen LogP contribution in [0.3, 0.4) is 0 Å². The Bertz CT molecular complexity index is 759. The second-order valence-electron chi connectivity index (χ2n) is 9.79. The van der Waals surface area contributed by atoms with E-state index in [9.17, 15) is 9.90 Å². The predicted octanol–water partition coefficient (Wildman–Crippen LogP) is 2.61.